The number of piperidine rings is 1. The Morgan fingerprint density at radius 2 is 1.80 bits per heavy atom. The van der Waals surface area contributed by atoms with E-state index >= 15 is 0 Å². The van der Waals surface area contributed by atoms with E-state index in [1.165, 1.54) is 44.9 Å². The fourth-order valence-corrected chi connectivity index (χ4v) is 3.91. The number of rotatable bonds is 1. The van der Waals surface area contributed by atoms with Gasteiger partial charge in [0.25, 0.3) is 5.91 Å². The lowest BCUT2D eigenvalue weighted by Crippen LogP contribution is -2.43. The topological polar surface area (TPSA) is 33.2 Å². The Morgan fingerprint density at radius 1 is 1.10 bits per heavy atom. The van der Waals surface area contributed by atoms with E-state index in [1.807, 2.05) is 17.0 Å². The first-order valence-corrected chi connectivity index (χ1v) is 8.39. The molecular formula is C16H21BrN2O. The Balaban J connectivity index is 1.62. The third-order valence-electron chi connectivity index (χ3n) is 5.00. The number of pyridine rings is 1. The molecule has 0 unspecified atom stereocenters. The van der Waals surface area contributed by atoms with E-state index in [9.17, 15) is 4.79 Å². The maximum atomic E-state index is 12.5. The number of hydrogen-bond acceptors (Lipinski definition) is 2. The summed E-state index contributed by atoms with van der Waals surface area (Å²) in [4.78, 5) is 18.6. The first-order valence-electron chi connectivity index (χ1n) is 7.59. The standard InChI is InChI=1S/C16H21BrN2O/c17-14-5-4-13(12-18-14)15(20)19-10-8-16(9-11-19)6-2-1-3-7-16/h4-5,12H,1-3,6-11H2. The average molecular weight is 337 g/mol. The summed E-state index contributed by atoms with van der Waals surface area (Å²) in [7, 11) is 0. The highest BCUT2D eigenvalue weighted by molar-refractivity contribution is 9.10. The molecule has 1 spiro atoms. The first kappa shape index (κ1) is 14.1. The van der Waals surface area contributed by atoms with Gasteiger partial charge in [0.15, 0.2) is 0 Å². The lowest BCUT2D eigenvalue weighted by atomic mass is 9.68. The first-order chi connectivity index (χ1) is 9.69. The number of halogens is 1. The summed E-state index contributed by atoms with van der Waals surface area (Å²) >= 11 is 3.30. The Bertz CT molecular complexity index is 470. The third kappa shape index (κ3) is 2.90. The van der Waals surface area contributed by atoms with Crippen LogP contribution in [0.1, 0.15) is 55.3 Å². The second-order valence-electron chi connectivity index (χ2n) is 6.22. The molecule has 1 aliphatic carbocycles. The number of hydrogen-bond donors (Lipinski definition) is 0. The monoisotopic (exact) mass is 336 g/mol. The zero-order valence-electron chi connectivity index (χ0n) is 11.8. The molecule has 0 atom stereocenters. The second kappa shape index (κ2) is 5.84. The summed E-state index contributed by atoms with van der Waals surface area (Å²) in [6.07, 6.45) is 10.9. The molecule has 2 fully saturated rings. The Labute approximate surface area is 128 Å². The van der Waals surface area contributed by atoms with Crippen LogP contribution in [-0.2, 0) is 0 Å². The summed E-state index contributed by atoms with van der Waals surface area (Å²) in [5.41, 5.74) is 1.25. The van der Waals surface area contributed by atoms with Gasteiger partial charge in [-0.15, -0.1) is 0 Å². The van der Waals surface area contributed by atoms with Crippen molar-refractivity contribution in [3.05, 3.63) is 28.5 Å². The van der Waals surface area contributed by atoms with Gasteiger partial charge in [-0.3, -0.25) is 4.79 Å². The zero-order chi connectivity index (χ0) is 14.0. The van der Waals surface area contributed by atoms with Gasteiger partial charge in [-0.1, -0.05) is 19.3 Å². The molecule has 0 radical (unpaired) electrons. The number of carbonyl (C=O) groups is 1. The number of amides is 1. The largest absolute Gasteiger partial charge is 0.339 e. The quantitative estimate of drug-likeness (QED) is 0.725. The van der Waals surface area contributed by atoms with Crippen molar-refractivity contribution >= 4 is 21.8 Å². The molecule has 1 aromatic heterocycles. The van der Waals surface area contributed by atoms with E-state index in [1.54, 1.807) is 6.20 Å². The second-order valence-corrected chi connectivity index (χ2v) is 7.03. The van der Waals surface area contributed by atoms with Crippen molar-refractivity contribution < 1.29 is 4.79 Å². The molecule has 0 N–H and O–H groups in total. The number of likely N-dealkylation sites (tertiary alicyclic amines) is 1. The van der Waals surface area contributed by atoms with Crippen LogP contribution in [0.3, 0.4) is 0 Å². The van der Waals surface area contributed by atoms with Crippen LogP contribution in [0.4, 0.5) is 0 Å². The highest BCUT2D eigenvalue weighted by Gasteiger charge is 2.36. The number of carbonyl (C=O) groups excluding carboxylic acids is 1. The predicted molar refractivity (Wildman–Crippen MR) is 82.6 cm³/mol. The SMILES string of the molecule is O=C(c1ccc(Br)nc1)N1CCC2(CCCCC2)CC1. The Morgan fingerprint density at radius 3 is 2.40 bits per heavy atom. The lowest BCUT2D eigenvalue weighted by Gasteiger charge is -2.44. The minimum atomic E-state index is 0.135. The third-order valence-corrected chi connectivity index (χ3v) is 5.47. The maximum absolute atomic E-state index is 12.5. The molecule has 0 aromatic carbocycles. The average Bonchev–Trinajstić information content (AvgIpc) is 2.49. The summed E-state index contributed by atoms with van der Waals surface area (Å²) in [5.74, 6) is 0.135. The van der Waals surface area contributed by atoms with Crippen molar-refractivity contribution in [3.63, 3.8) is 0 Å². The highest BCUT2D eigenvalue weighted by atomic mass is 79.9. The van der Waals surface area contributed by atoms with E-state index in [0.29, 0.717) is 11.0 Å². The normalized spacial score (nSPS) is 21.9. The van der Waals surface area contributed by atoms with Crippen LogP contribution in [0.5, 0.6) is 0 Å². The van der Waals surface area contributed by atoms with E-state index in [2.05, 4.69) is 20.9 Å². The molecule has 1 aromatic rings. The van der Waals surface area contributed by atoms with E-state index in [0.717, 1.165) is 17.7 Å². The molecule has 1 aliphatic heterocycles. The van der Waals surface area contributed by atoms with E-state index < -0.39 is 0 Å². The van der Waals surface area contributed by atoms with Gasteiger partial charge in [0, 0.05) is 19.3 Å². The summed E-state index contributed by atoms with van der Waals surface area (Å²) in [6.45, 7) is 1.82. The Hall–Kier alpha value is -0.900. The highest BCUT2D eigenvalue weighted by Crippen LogP contribution is 2.44. The molecule has 1 saturated heterocycles. The smallest absolute Gasteiger partial charge is 0.255 e. The lowest BCUT2D eigenvalue weighted by molar-refractivity contribution is 0.0471. The molecule has 2 aliphatic rings. The molecule has 2 heterocycles. The van der Waals surface area contributed by atoms with Crippen LogP contribution in [-0.4, -0.2) is 28.9 Å². The van der Waals surface area contributed by atoms with Crippen molar-refractivity contribution in [2.45, 2.75) is 44.9 Å². The molecular weight excluding hydrogens is 316 g/mol. The minimum Gasteiger partial charge on any atom is -0.339 e. The van der Waals surface area contributed by atoms with Gasteiger partial charge < -0.3 is 4.90 Å². The fourth-order valence-electron chi connectivity index (χ4n) is 3.67. The van der Waals surface area contributed by atoms with Gasteiger partial charge in [-0.05, 0) is 59.2 Å². The molecule has 3 nitrogen and oxygen atoms in total. The van der Waals surface area contributed by atoms with Crippen LogP contribution < -0.4 is 0 Å². The molecule has 20 heavy (non-hydrogen) atoms. The van der Waals surface area contributed by atoms with Crippen molar-refractivity contribution in [1.29, 1.82) is 0 Å². The molecule has 3 rings (SSSR count). The van der Waals surface area contributed by atoms with Crippen molar-refractivity contribution in [2.75, 3.05) is 13.1 Å². The van der Waals surface area contributed by atoms with Crippen LogP contribution in [0.15, 0.2) is 22.9 Å². The van der Waals surface area contributed by atoms with Gasteiger partial charge in [0.05, 0.1) is 5.56 Å². The molecule has 4 heteroatoms. The van der Waals surface area contributed by atoms with Gasteiger partial charge >= 0.3 is 0 Å². The van der Waals surface area contributed by atoms with E-state index in [4.69, 9.17) is 0 Å². The van der Waals surface area contributed by atoms with Gasteiger partial charge in [0.2, 0.25) is 0 Å². The van der Waals surface area contributed by atoms with E-state index in [-0.39, 0.29) is 5.91 Å². The Kier molecular flexibility index (Phi) is 4.11. The van der Waals surface area contributed by atoms with Crippen molar-refractivity contribution in [2.24, 2.45) is 5.41 Å². The molecule has 108 valence electrons. The van der Waals surface area contributed by atoms with Crippen molar-refractivity contribution in [1.82, 2.24) is 9.88 Å². The maximum Gasteiger partial charge on any atom is 0.255 e. The fraction of sp³-hybridized carbons (Fsp3) is 0.625. The van der Waals surface area contributed by atoms with Crippen LogP contribution in [0, 0.1) is 5.41 Å². The zero-order valence-corrected chi connectivity index (χ0v) is 13.4. The number of nitrogens with zero attached hydrogens (tertiary/aromatic N) is 2. The molecule has 1 amide bonds. The number of aromatic nitrogens is 1. The van der Waals surface area contributed by atoms with Gasteiger partial charge in [0.1, 0.15) is 4.60 Å². The van der Waals surface area contributed by atoms with Crippen LogP contribution in [0.2, 0.25) is 0 Å². The van der Waals surface area contributed by atoms with Crippen molar-refractivity contribution in [3.8, 4) is 0 Å². The summed E-state index contributed by atoms with van der Waals surface area (Å²) in [5, 5.41) is 0. The van der Waals surface area contributed by atoms with Gasteiger partial charge in [-0.25, -0.2) is 4.98 Å². The molecule has 0 bridgehead atoms. The minimum absolute atomic E-state index is 0.135. The van der Waals surface area contributed by atoms with Gasteiger partial charge in [-0.2, -0.15) is 0 Å². The summed E-state index contributed by atoms with van der Waals surface area (Å²) < 4.78 is 0.772. The van der Waals surface area contributed by atoms with Crippen LogP contribution in [0.25, 0.3) is 0 Å². The summed E-state index contributed by atoms with van der Waals surface area (Å²) in [6, 6.07) is 3.68. The predicted octanol–water partition coefficient (Wildman–Crippen LogP) is 4.03. The molecule has 1 saturated carbocycles. The van der Waals surface area contributed by atoms with Crippen LogP contribution >= 0.6 is 15.9 Å².